The number of nitrogens with one attached hydrogen (secondary N) is 2. The molecule has 2 aromatic rings. The number of anilines is 1. The third-order valence-electron chi connectivity index (χ3n) is 2.98. The molecule has 2 rings (SSSR count). The summed E-state index contributed by atoms with van der Waals surface area (Å²) in [5.74, 6) is -0.339. The lowest BCUT2D eigenvalue weighted by molar-refractivity contribution is -0.147. The Balaban J connectivity index is 1.86. The number of fused-ring (bicyclic) bond motifs is 1. The van der Waals surface area contributed by atoms with Crippen LogP contribution in [0.5, 0.6) is 0 Å². The average molecular weight is 310 g/mol. The highest BCUT2D eigenvalue weighted by Crippen LogP contribution is 2.06. The van der Waals surface area contributed by atoms with Crippen molar-refractivity contribution in [2.24, 2.45) is 0 Å². The lowest BCUT2D eigenvalue weighted by Gasteiger charge is -2.10. The summed E-state index contributed by atoms with van der Waals surface area (Å²) < 4.78 is 11.9. The van der Waals surface area contributed by atoms with Crippen LogP contribution in [0.15, 0.2) is 11.1 Å². The number of carbonyl (C=O) groups is 1. The molecule has 0 spiro atoms. The molecule has 0 aliphatic rings. The molecule has 2 heterocycles. The first-order valence-electron chi connectivity index (χ1n) is 6.65. The Kier molecular flexibility index (Phi) is 5.07. The Hall–Kier alpha value is -2.46. The summed E-state index contributed by atoms with van der Waals surface area (Å²) >= 11 is 0. The lowest BCUT2D eigenvalue weighted by atomic mass is 10.3. The first kappa shape index (κ1) is 15.9. The van der Waals surface area contributed by atoms with Gasteiger partial charge in [-0.3, -0.25) is 19.1 Å². The third kappa shape index (κ3) is 3.59. The Morgan fingerprint density at radius 2 is 2.32 bits per heavy atom. The number of nitrogens with two attached hydrogens (primary N) is 1. The first-order valence-corrected chi connectivity index (χ1v) is 6.65. The zero-order valence-corrected chi connectivity index (χ0v) is 12.3. The summed E-state index contributed by atoms with van der Waals surface area (Å²) in [6.45, 7) is 2.16. The average Bonchev–Trinajstić information content (AvgIpc) is 2.89. The van der Waals surface area contributed by atoms with E-state index in [4.69, 9.17) is 15.2 Å². The molecule has 4 N–H and O–H groups in total. The maximum absolute atomic E-state index is 11.6. The van der Waals surface area contributed by atoms with Crippen molar-refractivity contribution in [1.29, 1.82) is 0 Å². The van der Waals surface area contributed by atoms with Gasteiger partial charge in [0, 0.05) is 0 Å². The van der Waals surface area contributed by atoms with Crippen LogP contribution in [0.3, 0.4) is 0 Å². The highest BCUT2D eigenvalue weighted by molar-refractivity contribution is 5.75. The number of nitrogens with zero attached hydrogens (tertiary/aromatic N) is 3. The fourth-order valence-electron chi connectivity index (χ4n) is 1.67. The molecule has 0 unspecified atom stereocenters. The summed E-state index contributed by atoms with van der Waals surface area (Å²) in [6.07, 6.45) is 1.43. The number of carbonyl (C=O) groups excluding carboxylic acids is 1. The second-order valence-corrected chi connectivity index (χ2v) is 4.55. The van der Waals surface area contributed by atoms with Gasteiger partial charge in [0.15, 0.2) is 11.2 Å². The van der Waals surface area contributed by atoms with Crippen LogP contribution in [0.2, 0.25) is 0 Å². The SMILES string of the molecule is CN[C@@H](C)C(=O)OCCOCn1cnc2c(=O)[nH]c(N)nc21. The zero-order valence-electron chi connectivity index (χ0n) is 12.3. The van der Waals surface area contributed by atoms with Crippen molar-refractivity contribution in [3.63, 3.8) is 0 Å². The maximum atomic E-state index is 11.6. The third-order valence-corrected chi connectivity index (χ3v) is 2.98. The van der Waals surface area contributed by atoms with Crippen LogP contribution in [0, 0.1) is 0 Å². The van der Waals surface area contributed by atoms with Gasteiger partial charge in [-0.15, -0.1) is 0 Å². The number of nitrogen functional groups attached to an aromatic ring is 1. The molecule has 0 aliphatic carbocycles. The summed E-state index contributed by atoms with van der Waals surface area (Å²) in [7, 11) is 1.67. The number of aromatic amines is 1. The molecule has 0 saturated carbocycles. The van der Waals surface area contributed by atoms with E-state index in [0.717, 1.165) is 0 Å². The van der Waals surface area contributed by atoms with E-state index < -0.39 is 5.56 Å². The van der Waals surface area contributed by atoms with Crippen LogP contribution in [-0.4, -0.2) is 51.8 Å². The molecule has 0 bridgehead atoms. The molecule has 10 heteroatoms. The van der Waals surface area contributed by atoms with E-state index >= 15 is 0 Å². The predicted octanol–water partition coefficient (Wildman–Crippen LogP) is -1.17. The molecule has 0 aromatic carbocycles. The van der Waals surface area contributed by atoms with Gasteiger partial charge in [-0.1, -0.05) is 0 Å². The molecule has 1 atom stereocenters. The van der Waals surface area contributed by atoms with Gasteiger partial charge in [0.1, 0.15) is 19.4 Å². The van der Waals surface area contributed by atoms with Gasteiger partial charge in [-0.05, 0) is 14.0 Å². The standard InChI is InChI=1S/C12H18N6O4/c1-7(14-2)11(20)22-4-3-21-6-18-5-15-8-9(18)16-12(13)17-10(8)19/h5,7,14H,3-4,6H2,1-2H3,(H3,13,16,17,19)/t7-/m0/s1. The second-order valence-electron chi connectivity index (χ2n) is 4.55. The number of hydrogen-bond donors (Lipinski definition) is 3. The summed E-state index contributed by atoms with van der Waals surface area (Å²) in [5, 5.41) is 2.78. The number of esters is 1. The van der Waals surface area contributed by atoms with Crippen LogP contribution >= 0.6 is 0 Å². The number of aromatic nitrogens is 4. The first-order chi connectivity index (χ1) is 10.5. The Morgan fingerprint density at radius 1 is 1.55 bits per heavy atom. The Morgan fingerprint density at radius 3 is 3.05 bits per heavy atom. The van der Waals surface area contributed by atoms with Crippen LogP contribution in [0.1, 0.15) is 6.92 Å². The van der Waals surface area contributed by atoms with Crippen molar-refractivity contribution in [2.45, 2.75) is 19.7 Å². The molecule has 10 nitrogen and oxygen atoms in total. The molecule has 2 aromatic heterocycles. The minimum absolute atomic E-state index is 0.00855. The predicted molar refractivity (Wildman–Crippen MR) is 78.0 cm³/mol. The number of rotatable bonds is 7. The van der Waals surface area contributed by atoms with Gasteiger partial charge in [0.2, 0.25) is 5.95 Å². The van der Waals surface area contributed by atoms with Crippen LogP contribution in [0.25, 0.3) is 11.2 Å². The van der Waals surface area contributed by atoms with Gasteiger partial charge in [-0.2, -0.15) is 4.98 Å². The van der Waals surface area contributed by atoms with E-state index in [0.29, 0.717) is 5.65 Å². The van der Waals surface area contributed by atoms with Crippen LogP contribution in [0.4, 0.5) is 5.95 Å². The molecule has 0 fully saturated rings. The maximum Gasteiger partial charge on any atom is 0.322 e. The van der Waals surface area contributed by atoms with Crippen molar-refractivity contribution in [3.05, 3.63) is 16.7 Å². The molecule has 0 aliphatic heterocycles. The summed E-state index contributed by atoms with van der Waals surface area (Å²) in [4.78, 5) is 33.3. The number of H-pyrrole nitrogens is 1. The zero-order chi connectivity index (χ0) is 16.1. The fourth-order valence-corrected chi connectivity index (χ4v) is 1.67. The number of hydrogen-bond acceptors (Lipinski definition) is 8. The van der Waals surface area contributed by atoms with E-state index in [-0.39, 0.29) is 43.4 Å². The van der Waals surface area contributed by atoms with Crippen molar-refractivity contribution in [1.82, 2.24) is 24.8 Å². The monoisotopic (exact) mass is 310 g/mol. The number of imidazole rings is 1. The fraction of sp³-hybridized carbons (Fsp3) is 0.500. The molecule has 0 saturated heterocycles. The van der Waals surface area contributed by atoms with Gasteiger partial charge < -0.3 is 20.5 Å². The highest BCUT2D eigenvalue weighted by Gasteiger charge is 2.11. The van der Waals surface area contributed by atoms with Gasteiger partial charge in [0.25, 0.3) is 5.56 Å². The Labute approximate surface area is 125 Å². The van der Waals surface area contributed by atoms with E-state index in [1.807, 2.05) is 0 Å². The normalized spacial score (nSPS) is 12.5. The van der Waals surface area contributed by atoms with E-state index in [1.54, 1.807) is 18.5 Å². The molecule has 120 valence electrons. The molecule has 0 amide bonds. The minimum atomic E-state index is -0.406. The Bertz CT molecular complexity index is 709. The van der Waals surface area contributed by atoms with Crippen molar-refractivity contribution < 1.29 is 14.3 Å². The van der Waals surface area contributed by atoms with Gasteiger partial charge in [-0.25, -0.2) is 4.98 Å². The topological polar surface area (TPSA) is 137 Å². The molecule has 22 heavy (non-hydrogen) atoms. The quantitative estimate of drug-likeness (QED) is 0.429. The van der Waals surface area contributed by atoms with Crippen LogP contribution in [-0.2, 0) is 21.0 Å². The van der Waals surface area contributed by atoms with E-state index in [1.165, 1.54) is 6.33 Å². The van der Waals surface area contributed by atoms with Crippen molar-refractivity contribution in [2.75, 3.05) is 26.0 Å². The van der Waals surface area contributed by atoms with Crippen LogP contribution < -0.4 is 16.6 Å². The minimum Gasteiger partial charge on any atom is -0.462 e. The van der Waals surface area contributed by atoms with Crippen molar-refractivity contribution >= 4 is 23.1 Å². The largest absolute Gasteiger partial charge is 0.462 e. The highest BCUT2D eigenvalue weighted by atomic mass is 16.6. The molecular weight excluding hydrogens is 292 g/mol. The molecular formula is C12H18N6O4. The second kappa shape index (κ2) is 7.00. The summed E-state index contributed by atoms with van der Waals surface area (Å²) in [6, 6.07) is -0.364. The van der Waals surface area contributed by atoms with Gasteiger partial charge >= 0.3 is 5.97 Å². The smallest absolute Gasteiger partial charge is 0.322 e. The number of likely N-dealkylation sites (N-methyl/N-ethyl adjacent to an activating group) is 1. The van der Waals surface area contributed by atoms with E-state index in [9.17, 15) is 9.59 Å². The van der Waals surface area contributed by atoms with Crippen molar-refractivity contribution in [3.8, 4) is 0 Å². The molecule has 0 radical (unpaired) electrons. The summed E-state index contributed by atoms with van der Waals surface area (Å²) in [5.41, 5.74) is 5.61. The van der Waals surface area contributed by atoms with Gasteiger partial charge in [0.05, 0.1) is 12.9 Å². The number of ether oxygens (including phenoxy) is 2. The lowest BCUT2D eigenvalue weighted by Crippen LogP contribution is -2.33. The van der Waals surface area contributed by atoms with E-state index in [2.05, 4.69) is 20.3 Å².